The molecule has 1 rings (SSSR count). The number of rotatable bonds is 7. The molecular formula is C16H24BrClN4O3. The molecule has 5 N–H and O–H groups in total. The lowest BCUT2D eigenvalue weighted by Gasteiger charge is -2.15. The van der Waals surface area contributed by atoms with E-state index in [0.29, 0.717) is 5.69 Å². The van der Waals surface area contributed by atoms with Crippen LogP contribution in [-0.2, 0) is 14.4 Å². The summed E-state index contributed by atoms with van der Waals surface area (Å²) in [7, 11) is 0. The van der Waals surface area contributed by atoms with Crippen molar-refractivity contribution >= 4 is 51.7 Å². The highest BCUT2D eigenvalue weighted by Gasteiger charge is 2.17. The van der Waals surface area contributed by atoms with Crippen LogP contribution in [0.15, 0.2) is 22.7 Å². The molecule has 1 aromatic carbocycles. The molecule has 0 aliphatic carbocycles. The lowest BCUT2D eigenvalue weighted by atomic mass is 10.1. The molecule has 7 nitrogen and oxygen atoms in total. The van der Waals surface area contributed by atoms with E-state index in [1.165, 1.54) is 0 Å². The van der Waals surface area contributed by atoms with Gasteiger partial charge in [-0.15, -0.1) is 12.4 Å². The summed E-state index contributed by atoms with van der Waals surface area (Å²) in [6.45, 7) is 5.10. The summed E-state index contributed by atoms with van der Waals surface area (Å²) >= 11 is 3.33. The van der Waals surface area contributed by atoms with Crippen LogP contribution in [-0.4, -0.2) is 36.9 Å². The van der Waals surface area contributed by atoms with Gasteiger partial charge in [0.15, 0.2) is 0 Å². The molecule has 0 bridgehead atoms. The Morgan fingerprint density at radius 3 is 2.32 bits per heavy atom. The Kier molecular flexibility index (Phi) is 10.3. The number of nitrogens with one attached hydrogen (secondary N) is 3. The Morgan fingerprint density at radius 1 is 1.12 bits per heavy atom. The second-order valence-corrected chi connectivity index (χ2v) is 6.69. The van der Waals surface area contributed by atoms with Crippen molar-refractivity contribution in [2.75, 3.05) is 18.4 Å². The van der Waals surface area contributed by atoms with Gasteiger partial charge in [0.05, 0.1) is 19.1 Å². The van der Waals surface area contributed by atoms with Gasteiger partial charge in [-0.25, -0.2) is 0 Å². The quantitative estimate of drug-likeness (QED) is 0.517. The summed E-state index contributed by atoms with van der Waals surface area (Å²) in [6.07, 6.45) is 0. The predicted molar refractivity (Wildman–Crippen MR) is 104 cm³/mol. The molecule has 0 aliphatic heterocycles. The van der Waals surface area contributed by atoms with E-state index >= 15 is 0 Å². The second-order valence-electron chi connectivity index (χ2n) is 5.77. The van der Waals surface area contributed by atoms with Crippen LogP contribution in [0.5, 0.6) is 0 Å². The average molecular weight is 436 g/mol. The zero-order valence-corrected chi connectivity index (χ0v) is 16.8. The average Bonchev–Trinajstić information content (AvgIpc) is 2.53. The molecule has 9 heteroatoms. The maximum atomic E-state index is 11.9. The second kappa shape index (κ2) is 11.1. The summed E-state index contributed by atoms with van der Waals surface area (Å²) in [5.74, 6) is -1.23. The fourth-order valence-corrected chi connectivity index (χ4v) is 2.11. The highest BCUT2D eigenvalue weighted by atomic mass is 79.9. The van der Waals surface area contributed by atoms with E-state index in [-0.39, 0.29) is 37.3 Å². The highest BCUT2D eigenvalue weighted by Crippen LogP contribution is 2.20. The molecule has 140 valence electrons. The van der Waals surface area contributed by atoms with Gasteiger partial charge in [-0.05, 0) is 30.5 Å². The maximum Gasteiger partial charge on any atom is 0.243 e. The summed E-state index contributed by atoms with van der Waals surface area (Å²) in [4.78, 5) is 35.2. The number of carbonyl (C=O) groups is 3. The van der Waals surface area contributed by atoms with Crippen LogP contribution in [0.25, 0.3) is 0 Å². The molecular weight excluding hydrogens is 412 g/mol. The van der Waals surface area contributed by atoms with Crippen molar-refractivity contribution in [3.05, 3.63) is 28.2 Å². The molecule has 0 saturated carbocycles. The predicted octanol–water partition coefficient (Wildman–Crippen LogP) is 1.33. The summed E-state index contributed by atoms with van der Waals surface area (Å²) in [6, 6.07) is 4.85. The molecule has 0 aromatic heterocycles. The number of nitrogens with two attached hydrogens (primary N) is 1. The third-order valence-corrected chi connectivity index (χ3v) is 3.86. The van der Waals surface area contributed by atoms with E-state index in [0.717, 1.165) is 10.0 Å². The molecule has 1 aromatic rings. The zero-order valence-electron chi connectivity index (χ0n) is 14.4. The van der Waals surface area contributed by atoms with Gasteiger partial charge in [-0.1, -0.05) is 35.8 Å². The fraction of sp³-hybridized carbons (Fsp3) is 0.438. The Labute approximate surface area is 162 Å². The molecule has 0 unspecified atom stereocenters. The van der Waals surface area contributed by atoms with Gasteiger partial charge < -0.3 is 21.7 Å². The largest absolute Gasteiger partial charge is 0.346 e. The number of hydrogen-bond donors (Lipinski definition) is 4. The molecule has 1 atom stereocenters. The number of anilines is 1. The molecule has 0 heterocycles. The number of aryl methyl sites for hydroxylation is 1. The van der Waals surface area contributed by atoms with Crippen molar-refractivity contribution in [3.63, 3.8) is 0 Å². The minimum atomic E-state index is -0.666. The van der Waals surface area contributed by atoms with Gasteiger partial charge >= 0.3 is 0 Å². The first-order chi connectivity index (χ1) is 11.2. The van der Waals surface area contributed by atoms with Crippen molar-refractivity contribution in [2.24, 2.45) is 11.7 Å². The number of amides is 3. The summed E-state index contributed by atoms with van der Waals surface area (Å²) < 4.78 is 0.844. The number of halogens is 2. The first-order valence-corrected chi connectivity index (χ1v) is 8.36. The SMILES string of the molecule is Cc1ccc(Br)cc1NC(=O)CNC(=O)CNC(=O)[C@@H](N)C(C)C.Cl. The molecule has 0 spiro atoms. The third-order valence-electron chi connectivity index (χ3n) is 3.36. The van der Waals surface area contributed by atoms with Crippen LogP contribution in [0.4, 0.5) is 5.69 Å². The van der Waals surface area contributed by atoms with Gasteiger partial charge in [-0.3, -0.25) is 14.4 Å². The molecule has 0 saturated heterocycles. The molecule has 0 fully saturated rings. The van der Waals surface area contributed by atoms with Crippen molar-refractivity contribution in [1.82, 2.24) is 10.6 Å². The first-order valence-electron chi connectivity index (χ1n) is 7.56. The Balaban J connectivity index is 0.00000576. The van der Waals surface area contributed by atoms with Gasteiger partial charge in [0.2, 0.25) is 17.7 Å². The number of benzene rings is 1. The molecule has 25 heavy (non-hydrogen) atoms. The topological polar surface area (TPSA) is 113 Å². The van der Waals surface area contributed by atoms with Gasteiger partial charge in [-0.2, -0.15) is 0 Å². The third kappa shape index (κ3) is 8.33. The highest BCUT2D eigenvalue weighted by molar-refractivity contribution is 9.10. The van der Waals surface area contributed by atoms with Gasteiger partial charge in [0, 0.05) is 10.2 Å². The van der Waals surface area contributed by atoms with E-state index in [9.17, 15) is 14.4 Å². The van der Waals surface area contributed by atoms with Crippen molar-refractivity contribution < 1.29 is 14.4 Å². The Morgan fingerprint density at radius 2 is 1.72 bits per heavy atom. The lowest BCUT2D eigenvalue weighted by Crippen LogP contribution is -2.47. The standard InChI is InChI=1S/C16H23BrN4O3.ClH/c1-9(2)15(18)16(24)20-7-13(22)19-8-14(23)21-12-6-11(17)5-4-10(12)3;/h4-6,9,15H,7-8,18H2,1-3H3,(H,19,22)(H,20,24)(H,21,23);1H/t15-;/m0./s1. The Bertz CT molecular complexity index is 625. The van der Waals surface area contributed by atoms with Gasteiger partial charge in [0.1, 0.15) is 0 Å². The van der Waals surface area contributed by atoms with E-state index in [2.05, 4.69) is 31.9 Å². The van der Waals surface area contributed by atoms with Crippen LogP contribution < -0.4 is 21.7 Å². The normalized spacial score (nSPS) is 11.3. The zero-order chi connectivity index (χ0) is 18.3. The number of carbonyl (C=O) groups excluding carboxylic acids is 3. The number of hydrogen-bond acceptors (Lipinski definition) is 4. The Hall–Kier alpha value is -1.64. The van der Waals surface area contributed by atoms with Crippen LogP contribution in [0.1, 0.15) is 19.4 Å². The van der Waals surface area contributed by atoms with E-state index in [4.69, 9.17) is 5.73 Å². The fourth-order valence-electron chi connectivity index (χ4n) is 1.75. The first kappa shape index (κ1) is 23.4. The van der Waals surface area contributed by atoms with Crippen molar-refractivity contribution in [3.8, 4) is 0 Å². The van der Waals surface area contributed by atoms with Crippen molar-refractivity contribution in [1.29, 1.82) is 0 Å². The molecule has 3 amide bonds. The summed E-state index contributed by atoms with van der Waals surface area (Å²) in [5.41, 5.74) is 7.25. The van der Waals surface area contributed by atoms with E-state index in [1.54, 1.807) is 6.07 Å². The monoisotopic (exact) mass is 434 g/mol. The van der Waals surface area contributed by atoms with E-state index in [1.807, 2.05) is 32.9 Å². The van der Waals surface area contributed by atoms with Gasteiger partial charge in [0.25, 0.3) is 0 Å². The van der Waals surface area contributed by atoms with E-state index < -0.39 is 17.9 Å². The minimum absolute atomic E-state index is 0. The smallest absolute Gasteiger partial charge is 0.243 e. The van der Waals surface area contributed by atoms with Crippen LogP contribution in [0.3, 0.4) is 0 Å². The maximum absolute atomic E-state index is 11.9. The summed E-state index contributed by atoms with van der Waals surface area (Å²) in [5, 5.41) is 7.60. The van der Waals surface area contributed by atoms with Crippen LogP contribution in [0, 0.1) is 12.8 Å². The molecule has 0 aliphatic rings. The minimum Gasteiger partial charge on any atom is -0.346 e. The lowest BCUT2D eigenvalue weighted by molar-refractivity contribution is -0.127. The van der Waals surface area contributed by atoms with Crippen LogP contribution in [0.2, 0.25) is 0 Å². The molecule has 0 radical (unpaired) electrons. The van der Waals surface area contributed by atoms with Crippen molar-refractivity contribution in [2.45, 2.75) is 26.8 Å². The van der Waals surface area contributed by atoms with Crippen LogP contribution >= 0.6 is 28.3 Å².